The third-order valence-corrected chi connectivity index (χ3v) is 5.78. The van der Waals surface area contributed by atoms with Crippen LogP contribution in [-0.2, 0) is 38.5 Å². The van der Waals surface area contributed by atoms with Crippen LogP contribution in [0.4, 0.5) is 0 Å². The molecular formula is C30H42. The van der Waals surface area contributed by atoms with Gasteiger partial charge < -0.3 is 0 Å². The molecule has 1 aromatic rings. The fraction of sp³-hybridized carbons (Fsp3) is 0.400. The first-order chi connectivity index (χ1) is 14.7. The lowest BCUT2D eigenvalue weighted by molar-refractivity contribution is 0.799. The highest BCUT2D eigenvalue weighted by Gasteiger charge is 2.21. The molecular weight excluding hydrogens is 360 g/mol. The molecule has 0 aliphatic rings. The molecule has 0 saturated carbocycles. The van der Waals surface area contributed by atoms with E-state index < -0.39 is 0 Å². The Morgan fingerprint density at radius 1 is 0.300 bits per heavy atom. The predicted molar refractivity (Wildman–Crippen MR) is 138 cm³/mol. The van der Waals surface area contributed by atoms with Gasteiger partial charge in [0.15, 0.2) is 0 Å². The second-order valence-corrected chi connectivity index (χ2v) is 7.84. The highest BCUT2D eigenvalue weighted by Crippen LogP contribution is 2.35. The van der Waals surface area contributed by atoms with E-state index in [1.807, 2.05) is 36.5 Å². The minimum atomic E-state index is 1.01. The number of benzene rings is 1. The SMILES string of the molecule is C=CCCc1c(CCC=C)c(CCC=C)c(CCC=C)c(CCC=C)c1CCC=C. The van der Waals surface area contributed by atoms with Crippen LogP contribution in [0, 0.1) is 0 Å². The number of rotatable bonds is 18. The average molecular weight is 403 g/mol. The summed E-state index contributed by atoms with van der Waals surface area (Å²) in [7, 11) is 0. The third-order valence-electron chi connectivity index (χ3n) is 5.78. The van der Waals surface area contributed by atoms with E-state index in [4.69, 9.17) is 0 Å². The van der Waals surface area contributed by atoms with Gasteiger partial charge in [-0.15, -0.1) is 39.5 Å². The number of allylic oxidation sites excluding steroid dienone is 6. The van der Waals surface area contributed by atoms with Gasteiger partial charge in [-0.05, 0) is 110 Å². The first-order valence-corrected chi connectivity index (χ1v) is 11.5. The maximum absolute atomic E-state index is 3.99. The minimum absolute atomic E-state index is 1.01. The van der Waals surface area contributed by atoms with Crippen LogP contribution in [0.3, 0.4) is 0 Å². The Labute approximate surface area is 186 Å². The van der Waals surface area contributed by atoms with Gasteiger partial charge >= 0.3 is 0 Å². The van der Waals surface area contributed by atoms with Crippen molar-refractivity contribution >= 4 is 0 Å². The second-order valence-electron chi connectivity index (χ2n) is 7.84. The number of hydrogen-bond donors (Lipinski definition) is 0. The molecule has 0 spiro atoms. The molecule has 0 aliphatic heterocycles. The molecule has 0 atom stereocenters. The van der Waals surface area contributed by atoms with Gasteiger partial charge in [-0.3, -0.25) is 0 Å². The molecule has 0 heteroatoms. The molecule has 0 saturated heterocycles. The summed E-state index contributed by atoms with van der Waals surface area (Å²) in [6.07, 6.45) is 24.7. The zero-order valence-corrected chi connectivity index (χ0v) is 19.2. The third kappa shape index (κ3) is 7.48. The quantitative estimate of drug-likeness (QED) is 0.216. The maximum atomic E-state index is 3.99. The highest BCUT2D eigenvalue weighted by molar-refractivity contribution is 5.53. The van der Waals surface area contributed by atoms with E-state index in [-0.39, 0.29) is 0 Å². The summed E-state index contributed by atoms with van der Waals surface area (Å²) in [5.41, 5.74) is 9.33. The van der Waals surface area contributed by atoms with Crippen molar-refractivity contribution in [3.8, 4) is 0 Å². The largest absolute Gasteiger partial charge is 0.103 e. The van der Waals surface area contributed by atoms with Gasteiger partial charge in [0.1, 0.15) is 0 Å². The molecule has 0 fully saturated rings. The molecule has 1 rings (SSSR count). The molecule has 0 aliphatic carbocycles. The van der Waals surface area contributed by atoms with Gasteiger partial charge in [0.05, 0.1) is 0 Å². The van der Waals surface area contributed by atoms with E-state index in [0.717, 1.165) is 77.0 Å². The van der Waals surface area contributed by atoms with Crippen LogP contribution in [0.1, 0.15) is 71.9 Å². The van der Waals surface area contributed by atoms with Crippen molar-refractivity contribution < 1.29 is 0 Å². The Morgan fingerprint density at radius 2 is 0.433 bits per heavy atom. The lowest BCUT2D eigenvalue weighted by Gasteiger charge is -2.27. The summed E-state index contributed by atoms with van der Waals surface area (Å²) in [5.74, 6) is 0. The van der Waals surface area contributed by atoms with E-state index in [2.05, 4.69) is 39.5 Å². The maximum Gasteiger partial charge on any atom is -0.0239 e. The van der Waals surface area contributed by atoms with E-state index in [1.165, 1.54) is 0 Å². The Balaban J connectivity index is 3.87. The zero-order chi connectivity index (χ0) is 22.2. The van der Waals surface area contributed by atoms with Crippen molar-refractivity contribution in [3.05, 3.63) is 109 Å². The predicted octanol–water partition coefficient (Wildman–Crippen LogP) is 8.40. The van der Waals surface area contributed by atoms with Gasteiger partial charge in [0, 0.05) is 0 Å². The molecule has 0 N–H and O–H groups in total. The first kappa shape index (κ1) is 25.7. The minimum Gasteiger partial charge on any atom is -0.103 e. The van der Waals surface area contributed by atoms with E-state index >= 15 is 0 Å². The van der Waals surface area contributed by atoms with Crippen LogP contribution in [0.25, 0.3) is 0 Å². The number of hydrogen-bond acceptors (Lipinski definition) is 0. The molecule has 0 radical (unpaired) electrons. The molecule has 1 aromatic carbocycles. The fourth-order valence-corrected chi connectivity index (χ4v) is 4.38. The smallest absolute Gasteiger partial charge is 0.0239 e. The molecule has 0 heterocycles. The second kappa shape index (κ2) is 15.5. The normalized spacial score (nSPS) is 10.4. The van der Waals surface area contributed by atoms with E-state index in [1.54, 1.807) is 33.4 Å². The van der Waals surface area contributed by atoms with Crippen LogP contribution < -0.4 is 0 Å². The van der Waals surface area contributed by atoms with Crippen molar-refractivity contribution in [1.29, 1.82) is 0 Å². The van der Waals surface area contributed by atoms with Gasteiger partial charge in [-0.2, -0.15) is 0 Å². The lowest BCUT2D eigenvalue weighted by Crippen LogP contribution is -2.14. The Morgan fingerprint density at radius 3 is 0.533 bits per heavy atom. The Kier molecular flexibility index (Phi) is 13.3. The standard InChI is InChI=1S/C30H42/c1-7-13-19-25-26(20-14-8-2)28(22-16-10-4)30(24-18-12-6)29(23-17-11-5)27(25)21-15-9-3/h7-12H,1-6,13-24H2. The van der Waals surface area contributed by atoms with Crippen molar-refractivity contribution in [2.24, 2.45) is 0 Å². The summed E-state index contributed by atoms with van der Waals surface area (Å²) in [6.45, 7) is 23.9. The van der Waals surface area contributed by atoms with Crippen molar-refractivity contribution in [2.75, 3.05) is 0 Å². The first-order valence-electron chi connectivity index (χ1n) is 11.5. The molecule has 0 aromatic heterocycles. The highest BCUT2D eigenvalue weighted by atomic mass is 14.3. The van der Waals surface area contributed by atoms with Crippen LogP contribution in [0.5, 0.6) is 0 Å². The summed E-state index contributed by atoms with van der Waals surface area (Å²) in [5, 5.41) is 0. The van der Waals surface area contributed by atoms with Crippen molar-refractivity contribution in [3.63, 3.8) is 0 Å². The fourth-order valence-electron chi connectivity index (χ4n) is 4.38. The summed E-state index contributed by atoms with van der Waals surface area (Å²) < 4.78 is 0. The van der Waals surface area contributed by atoms with Gasteiger partial charge in [-0.1, -0.05) is 36.5 Å². The van der Waals surface area contributed by atoms with Gasteiger partial charge in [0.2, 0.25) is 0 Å². The van der Waals surface area contributed by atoms with Crippen molar-refractivity contribution in [2.45, 2.75) is 77.0 Å². The van der Waals surface area contributed by atoms with Crippen LogP contribution in [-0.4, -0.2) is 0 Å². The van der Waals surface area contributed by atoms with E-state index in [0.29, 0.717) is 0 Å². The Hall–Kier alpha value is -2.34. The molecule has 162 valence electrons. The van der Waals surface area contributed by atoms with Gasteiger partial charge in [0.25, 0.3) is 0 Å². The summed E-state index contributed by atoms with van der Waals surface area (Å²) in [6, 6.07) is 0. The molecule has 0 nitrogen and oxygen atoms in total. The summed E-state index contributed by atoms with van der Waals surface area (Å²) in [4.78, 5) is 0. The van der Waals surface area contributed by atoms with Crippen molar-refractivity contribution in [1.82, 2.24) is 0 Å². The van der Waals surface area contributed by atoms with Crippen LogP contribution in [0.15, 0.2) is 75.9 Å². The summed E-state index contributed by atoms with van der Waals surface area (Å²) >= 11 is 0. The van der Waals surface area contributed by atoms with Crippen LogP contribution in [0.2, 0.25) is 0 Å². The molecule has 0 bridgehead atoms. The van der Waals surface area contributed by atoms with Gasteiger partial charge in [-0.25, -0.2) is 0 Å². The molecule has 30 heavy (non-hydrogen) atoms. The van der Waals surface area contributed by atoms with E-state index in [9.17, 15) is 0 Å². The monoisotopic (exact) mass is 402 g/mol. The van der Waals surface area contributed by atoms with Crippen LogP contribution >= 0.6 is 0 Å². The average Bonchev–Trinajstić information content (AvgIpc) is 2.76. The Bertz CT molecular complexity index is 546. The zero-order valence-electron chi connectivity index (χ0n) is 19.2. The molecule has 0 unspecified atom stereocenters. The topological polar surface area (TPSA) is 0 Å². The lowest BCUT2D eigenvalue weighted by atomic mass is 9.78. The molecule has 0 amide bonds.